The van der Waals surface area contributed by atoms with Crippen LogP contribution in [0.5, 0.6) is 0 Å². The quantitative estimate of drug-likeness (QED) is 0.906. The van der Waals surface area contributed by atoms with Crippen molar-refractivity contribution in [2.24, 2.45) is 0 Å². The lowest BCUT2D eigenvalue weighted by atomic mass is 9.80. The molecule has 0 unspecified atom stereocenters. The maximum atomic E-state index is 5.04. The molecule has 1 aromatic carbocycles. The Labute approximate surface area is 127 Å². The van der Waals surface area contributed by atoms with E-state index in [4.69, 9.17) is 4.98 Å². The van der Waals surface area contributed by atoms with Crippen LogP contribution in [0.15, 0.2) is 22.7 Å². The average molecular weight is 334 g/mol. The van der Waals surface area contributed by atoms with Gasteiger partial charge in [0.2, 0.25) is 0 Å². The zero-order chi connectivity index (χ0) is 13.7. The molecule has 1 N–H and O–H groups in total. The Bertz CT molecular complexity index is 651. The molecule has 0 atom stereocenters. The molecule has 1 aromatic heterocycles. The van der Waals surface area contributed by atoms with E-state index in [9.17, 15) is 0 Å². The smallest absolute Gasteiger partial charge is 0.116 e. The van der Waals surface area contributed by atoms with Crippen molar-refractivity contribution >= 4 is 27.0 Å². The van der Waals surface area contributed by atoms with Crippen LogP contribution in [0.1, 0.15) is 44.5 Å². The van der Waals surface area contributed by atoms with E-state index < -0.39 is 0 Å². The lowest BCUT2D eigenvalue weighted by Gasteiger charge is -2.34. The number of halogens is 1. The molecule has 0 bridgehead atoms. The van der Waals surface area contributed by atoms with Gasteiger partial charge in [0.05, 0.1) is 11.0 Å². The van der Waals surface area contributed by atoms with Crippen molar-refractivity contribution in [1.82, 2.24) is 14.9 Å². The summed E-state index contributed by atoms with van der Waals surface area (Å²) in [5.74, 6) is 1.31. The lowest BCUT2D eigenvalue weighted by Crippen LogP contribution is -2.39. The predicted octanol–water partition coefficient (Wildman–Crippen LogP) is 3.77. The summed E-state index contributed by atoms with van der Waals surface area (Å²) in [7, 11) is 0. The largest absolute Gasteiger partial charge is 0.324 e. The van der Waals surface area contributed by atoms with Crippen molar-refractivity contribution in [2.75, 3.05) is 13.1 Å². The maximum Gasteiger partial charge on any atom is 0.116 e. The van der Waals surface area contributed by atoms with Crippen LogP contribution < -0.4 is 5.32 Å². The first-order chi connectivity index (χ1) is 9.67. The molecule has 20 heavy (non-hydrogen) atoms. The lowest BCUT2D eigenvalue weighted by molar-refractivity contribution is 0.310. The van der Waals surface area contributed by atoms with Gasteiger partial charge in [0.15, 0.2) is 0 Å². The topological polar surface area (TPSA) is 29.9 Å². The highest BCUT2D eigenvalue weighted by molar-refractivity contribution is 9.10. The minimum Gasteiger partial charge on any atom is -0.324 e. The fourth-order valence-corrected chi connectivity index (χ4v) is 3.75. The van der Waals surface area contributed by atoms with Crippen molar-refractivity contribution < 1.29 is 0 Å². The molecule has 1 aliphatic heterocycles. The van der Waals surface area contributed by atoms with E-state index in [2.05, 4.69) is 50.9 Å². The van der Waals surface area contributed by atoms with Crippen LogP contribution in [-0.2, 0) is 5.41 Å². The van der Waals surface area contributed by atoms with Gasteiger partial charge < -0.3 is 9.88 Å². The summed E-state index contributed by atoms with van der Waals surface area (Å²) in [6, 6.07) is 7.20. The van der Waals surface area contributed by atoms with Gasteiger partial charge in [-0.1, -0.05) is 22.9 Å². The van der Waals surface area contributed by atoms with E-state index in [1.807, 2.05) is 0 Å². The molecule has 1 saturated carbocycles. The Morgan fingerprint density at radius 3 is 2.75 bits per heavy atom. The van der Waals surface area contributed by atoms with E-state index in [0.29, 0.717) is 6.04 Å². The molecule has 2 heterocycles. The zero-order valence-corrected chi connectivity index (χ0v) is 13.4. The summed E-state index contributed by atoms with van der Waals surface area (Å²) in [6.45, 7) is 4.60. The summed E-state index contributed by atoms with van der Waals surface area (Å²) in [5, 5.41) is 3.47. The molecule has 3 nitrogen and oxygen atoms in total. The number of imidazole rings is 1. The van der Waals surface area contributed by atoms with Crippen molar-refractivity contribution in [1.29, 1.82) is 0 Å². The van der Waals surface area contributed by atoms with Crippen LogP contribution in [0, 0.1) is 0 Å². The second-order valence-electron chi connectivity index (χ2n) is 6.48. The van der Waals surface area contributed by atoms with Crippen LogP contribution in [0.2, 0.25) is 0 Å². The van der Waals surface area contributed by atoms with Gasteiger partial charge in [-0.05, 0) is 57.0 Å². The minimum absolute atomic E-state index is 0.222. The molecular weight excluding hydrogens is 314 g/mol. The molecule has 2 aromatic rings. The molecule has 2 aliphatic rings. The van der Waals surface area contributed by atoms with Crippen molar-refractivity contribution in [3.8, 4) is 0 Å². The van der Waals surface area contributed by atoms with Gasteiger partial charge in [0.25, 0.3) is 0 Å². The molecule has 0 radical (unpaired) electrons. The highest BCUT2D eigenvalue weighted by atomic mass is 79.9. The van der Waals surface area contributed by atoms with Crippen molar-refractivity contribution in [2.45, 2.75) is 44.1 Å². The van der Waals surface area contributed by atoms with Crippen LogP contribution in [0.4, 0.5) is 0 Å². The van der Waals surface area contributed by atoms with Crippen LogP contribution >= 0.6 is 15.9 Å². The number of rotatable bonds is 2. The van der Waals surface area contributed by atoms with Gasteiger partial charge in [-0.3, -0.25) is 0 Å². The maximum absolute atomic E-state index is 5.04. The molecular formula is C16H20BrN3. The number of fused-ring (bicyclic) bond motifs is 1. The normalized spacial score (nSPS) is 22.3. The molecule has 1 saturated heterocycles. The first kappa shape index (κ1) is 12.8. The summed E-state index contributed by atoms with van der Waals surface area (Å²) in [5.41, 5.74) is 2.67. The van der Waals surface area contributed by atoms with Crippen LogP contribution in [0.25, 0.3) is 11.0 Å². The Morgan fingerprint density at radius 1 is 1.30 bits per heavy atom. The monoisotopic (exact) mass is 333 g/mol. The Morgan fingerprint density at radius 2 is 2.05 bits per heavy atom. The molecule has 4 rings (SSSR count). The molecule has 0 spiro atoms. The van der Waals surface area contributed by atoms with E-state index in [1.165, 1.54) is 37.0 Å². The van der Waals surface area contributed by atoms with E-state index in [-0.39, 0.29) is 5.41 Å². The van der Waals surface area contributed by atoms with Gasteiger partial charge >= 0.3 is 0 Å². The van der Waals surface area contributed by atoms with Gasteiger partial charge in [0.1, 0.15) is 5.82 Å². The fraction of sp³-hybridized carbons (Fsp3) is 0.562. The number of nitrogens with one attached hydrogen (secondary N) is 1. The SMILES string of the molecule is CC1(c2nc3cc(Br)ccc3n2C2CC2)CCNCC1. The highest BCUT2D eigenvalue weighted by Crippen LogP contribution is 2.43. The van der Waals surface area contributed by atoms with E-state index in [1.54, 1.807) is 0 Å². The Balaban J connectivity index is 1.91. The van der Waals surface area contributed by atoms with Gasteiger partial charge in [0, 0.05) is 15.9 Å². The average Bonchev–Trinajstić information content (AvgIpc) is 3.20. The van der Waals surface area contributed by atoms with Crippen LogP contribution in [0.3, 0.4) is 0 Å². The minimum atomic E-state index is 0.222. The zero-order valence-electron chi connectivity index (χ0n) is 11.8. The Hall–Kier alpha value is -0.870. The summed E-state index contributed by atoms with van der Waals surface area (Å²) < 4.78 is 3.65. The van der Waals surface area contributed by atoms with E-state index >= 15 is 0 Å². The molecule has 1 aliphatic carbocycles. The molecule has 4 heteroatoms. The number of hydrogen-bond donors (Lipinski definition) is 1. The first-order valence-corrected chi connectivity index (χ1v) is 8.35. The molecule has 0 amide bonds. The third-order valence-corrected chi connectivity index (χ3v) is 5.30. The number of piperidine rings is 1. The number of hydrogen-bond acceptors (Lipinski definition) is 2. The summed E-state index contributed by atoms with van der Waals surface area (Å²) >= 11 is 3.57. The number of aromatic nitrogens is 2. The van der Waals surface area contributed by atoms with Gasteiger partial charge in [-0.2, -0.15) is 0 Å². The van der Waals surface area contributed by atoms with Crippen molar-refractivity contribution in [3.63, 3.8) is 0 Å². The Kier molecular flexibility index (Phi) is 2.93. The third kappa shape index (κ3) is 2.01. The van der Waals surface area contributed by atoms with Gasteiger partial charge in [-0.25, -0.2) is 4.98 Å². The second kappa shape index (κ2) is 4.57. The number of nitrogens with zero attached hydrogens (tertiary/aromatic N) is 2. The van der Waals surface area contributed by atoms with E-state index in [0.717, 1.165) is 23.1 Å². The van der Waals surface area contributed by atoms with Crippen molar-refractivity contribution in [3.05, 3.63) is 28.5 Å². The summed E-state index contributed by atoms with van der Waals surface area (Å²) in [6.07, 6.45) is 4.99. The fourth-order valence-electron chi connectivity index (χ4n) is 3.40. The number of benzene rings is 1. The summed E-state index contributed by atoms with van der Waals surface area (Å²) in [4.78, 5) is 5.04. The van der Waals surface area contributed by atoms with Crippen LogP contribution in [-0.4, -0.2) is 22.6 Å². The first-order valence-electron chi connectivity index (χ1n) is 7.56. The van der Waals surface area contributed by atoms with Gasteiger partial charge in [-0.15, -0.1) is 0 Å². The second-order valence-corrected chi connectivity index (χ2v) is 7.40. The highest BCUT2D eigenvalue weighted by Gasteiger charge is 2.38. The molecule has 2 fully saturated rings. The third-order valence-electron chi connectivity index (χ3n) is 4.81. The predicted molar refractivity (Wildman–Crippen MR) is 85.2 cm³/mol. The molecule has 106 valence electrons. The standard InChI is InChI=1S/C16H20BrN3/c1-16(6-8-18-9-7-16)15-19-13-10-11(17)2-5-14(13)20(15)12-3-4-12/h2,5,10,12,18H,3-4,6-9H2,1H3.